The van der Waals surface area contributed by atoms with E-state index < -0.39 is 0 Å². The van der Waals surface area contributed by atoms with E-state index in [9.17, 15) is 0 Å². The van der Waals surface area contributed by atoms with E-state index >= 15 is 0 Å². The van der Waals surface area contributed by atoms with Gasteiger partial charge in [0.05, 0.1) is 36.8 Å². The van der Waals surface area contributed by atoms with E-state index in [-0.39, 0.29) is 17.6 Å². The second-order valence-electron chi connectivity index (χ2n) is 5.77. The lowest BCUT2D eigenvalue weighted by Gasteiger charge is -2.13. The summed E-state index contributed by atoms with van der Waals surface area (Å²) in [6.07, 6.45) is 3.70. The minimum Gasteiger partial charge on any atom is -0.495 e. The topological polar surface area (TPSA) is 105 Å². The molecule has 0 aliphatic carbocycles. The van der Waals surface area contributed by atoms with Crippen LogP contribution in [0.4, 0.5) is 5.95 Å². The van der Waals surface area contributed by atoms with Crippen LogP contribution in [0.5, 0.6) is 5.75 Å². The second-order valence-corrected chi connectivity index (χ2v) is 6.13. The van der Waals surface area contributed by atoms with Crippen LogP contribution >= 0.6 is 11.6 Å². The molecule has 0 saturated carbocycles. The van der Waals surface area contributed by atoms with Crippen molar-refractivity contribution in [1.82, 2.24) is 19.5 Å². The van der Waals surface area contributed by atoms with E-state index in [1.807, 2.05) is 30.8 Å². The summed E-state index contributed by atoms with van der Waals surface area (Å²) < 4.78 is 7.39. The number of aromatic nitrogens is 4. The summed E-state index contributed by atoms with van der Waals surface area (Å²) in [6, 6.07) is 0. The fraction of sp³-hybridized carbons (Fsp3) is 0.278. The van der Waals surface area contributed by atoms with E-state index in [2.05, 4.69) is 26.8 Å². The van der Waals surface area contributed by atoms with Crippen LogP contribution in [0, 0.1) is 25.7 Å². The summed E-state index contributed by atoms with van der Waals surface area (Å²) in [6.45, 7) is 4.68. The maximum atomic E-state index is 6.29. The molecular weight excluding hydrogens is 352 g/mol. The number of hydrogen-bond acceptors (Lipinski definition) is 6. The molecule has 0 fully saturated rings. The van der Waals surface area contributed by atoms with Gasteiger partial charge in [0.15, 0.2) is 0 Å². The maximum Gasteiger partial charge on any atom is 0.223 e. The quantitative estimate of drug-likeness (QED) is 0.540. The van der Waals surface area contributed by atoms with Crippen LogP contribution in [0.15, 0.2) is 12.4 Å². The number of fused-ring (bicyclic) bond motifs is 1. The first-order valence-corrected chi connectivity index (χ1v) is 8.33. The molecule has 26 heavy (non-hydrogen) atoms. The van der Waals surface area contributed by atoms with Crippen LogP contribution in [-0.4, -0.2) is 33.2 Å². The molecule has 0 aliphatic rings. The van der Waals surface area contributed by atoms with Gasteiger partial charge in [-0.3, -0.25) is 4.98 Å². The van der Waals surface area contributed by atoms with Gasteiger partial charge >= 0.3 is 0 Å². The van der Waals surface area contributed by atoms with E-state index in [4.69, 9.17) is 27.8 Å². The molecule has 0 aliphatic heterocycles. The molecule has 0 radical (unpaired) electrons. The van der Waals surface area contributed by atoms with Crippen molar-refractivity contribution in [2.45, 2.75) is 20.4 Å². The third-order valence-corrected chi connectivity index (χ3v) is 4.40. The first kappa shape index (κ1) is 18.0. The van der Waals surface area contributed by atoms with Crippen LogP contribution in [0.2, 0.25) is 5.15 Å². The Morgan fingerprint density at radius 3 is 2.77 bits per heavy atom. The number of aryl methyl sites for hydroxylation is 1. The van der Waals surface area contributed by atoms with Gasteiger partial charge in [0, 0.05) is 12.4 Å². The number of anilines is 1. The minimum absolute atomic E-state index is 0.108. The third-order valence-electron chi connectivity index (χ3n) is 4.12. The van der Waals surface area contributed by atoms with Crippen molar-refractivity contribution < 1.29 is 4.74 Å². The van der Waals surface area contributed by atoms with Crippen molar-refractivity contribution in [2.75, 3.05) is 19.4 Å². The zero-order chi connectivity index (χ0) is 18.8. The van der Waals surface area contributed by atoms with Crippen molar-refractivity contribution in [3.05, 3.63) is 39.9 Å². The highest BCUT2D eigenvalue weighted by Crippen LogP contribution is 2.29. The van der Waals surface area contributed by atoms with Crippen LogP contribution in [0.1, 0.15) is 22.4 Å². The lowest BCUT2D eigenvalue weighted by Crippen LogP contribution is -2.06. The molecule has 3 aromatic rings. The van der Waals surface area contributed by atoms with Gasteiger partial charge in [-0.2, -0.15) is 4.98 Å². The van der Waals surface area contributed by atoms with Gasteiger partial charge in [0.2, 0.25) is 5.95 Å². The lowest BCUT2D eigenvalue weighted by molar-refractivity contribution is 0.405. The third kappa shape index (κ3) is 3.17. The number of nitrogens with zero attached hydrogens (tertiary/aromatic N) is 4. The number of halogens is 1. The summed E-state index contributed by atoms with van der Waals surface area (Å²) in [5, 5.41) is 0.926. The zero-order valence-corrected chi connectivity index (χ0v) is 15.6. The molecule has 4 N–H and O–H groups in total. The highest BCUT2D eigenvalue weighted by atomic mass is 35.5. The van der Waals surface area contributed by atoms with Crippen LogP contribution in [0.3, 0.4) is 0 Å². The van der Waals surface area contributed by atoms with Crippen LogP contribution < -0.4 is 16.2 Å². The number of pyridine rings is 1. The average molecular weight is 371 g/mol. The molecule has 0 unspecified atom stereocenters. The summed E-state index contributed by atoms with van der Waals surface area (Å²) in [5.41, 5.74) is 15.5. The molecule has 0 saturated heterocycles. The Bertz CT molecular complexity index is 1050. The van der Waals surface area contributed by atoms with Gasteiger partial charge in [0.25, 0.3) is 0 Å². The molecule has 0 spiro atoms. The van der Waals surface area contributed by atoms with E-state index in [0.717, 1.165) is 22.6 Å². The Kier molecular flexibility index (Phi) is 4.98. The van der Waals surface area contributed by atoms with Gasteiger partial charge in [-0.15, -0.1) is 0 Å². The van der Waals surface area contributed by atoms with Crippen LogP contribution in [-0.2, 0) is 6.54 Å². The fourth-order valence-electron chi connectivity index (χ4n) is 2.91. The van der Waals surface area contributed by atoms with Crippen molar-refractivity contribution in [1.29, 1.82) is 0 Å². The molecule has 3 rings (SSSR count). The highest BCUT2D eigenvalue weighted by molar-refractivity contribution is 6.34. The lowest BCUT2D eigenvalue weighted by atomic mass is 10.1. The Labute approximate surface area is 156 Å². The SMILES string of the molecule is COc1c(C)ncc(Cn2cc(C#CCN)c3c(Cl)nc(N)nc32)c1C. The van der Waals surface area contributed by atoms with E-state index in [1.165, 1.54) is 0 Å². The normalized spacial score (nSPS) is 10.7. The molecule has 3 aromatic heterocycles. The van der Waals surface area contributed by atoms with E-state index in [0.29, 0.717) is 23.1 Å². The Morgan fingerprint density at radius 1 is 1.31 bits per heavy atom. The van der Waals surface area contributed by atoms with Gasteiger partial charge in [-0.25, -0.2) is 4.98 Å². The second kappa shape index (κ2) is 7.20. The first-order valence-electron chi connectivity index (χ1n) is 7.96. The average Bonchev–Trinajstić information content (AvgIpc) is 2.93. The summed E-state index contributed by atoms with van der Waals surface area (Å²) in [7, 11) is 1.64. The molecule has 0 bridgehead atoms. The number of ether oxygens (including phenoxy) is 1. The molecule has 7 nitrogen and oxygen atoms in total. The molecule has 8 heteroatoms. The summed E-state index contributed by atoms with van der Waals surface area (Å²) >= 11 is 6.29. The Morgan fingerprint density at radius 2 is 2.08 bits per heavy atom. The maximum absolute atomic E-state index is 6.29. The van der Waals surface area contributed by atoms with Crippen molar-refractivity contribution >= 4 is 28.6 Å². The number of nitrogen functional groups attached to an aromatic ring is 1. The fourth-order valence-corrected chi connectivity index (χ4v) is 3.18. The van der Waals surface area contributed by atoms with Crippen molar-refractivity contribution in [2.24, 2.45) is 5.73 Å². The Balaban J connectivity index is 2.17. The predicted octanol–water partition coefficient (Wildman–Crippen LogP) is 2.05. The molecule has 0 atom stereocenters. The van der Waals surface area contributed by atoms with Crippen LogP contribution in [0.25, 0.3) is 11.0 Å². The predicted molar refractivity (Wildman–Crippen MR) is 102 cm³/mol. The van der Waals surface area contributed by atoms with E-state index in [1.54, 1.807) is 7.11 Å². The number of nitrogens with two attached hydrogens (primary N) is 2. The first-order chi connectivity index (χ1) is 12.5. The van der Waals surface area contributed by atoms with Gasteiger partial charge < -0.3 is 20.8 Å². The molecule has 134 valence electrons. The molecular formula is C18H19ClN6O. The van der Waals surface area contributed by atoms with Gasteiger partial charge in [-0.05, 0) is 25.0 Å². The van der Waals surface area contributed by atoms with Crippen molar-refractivity contribution in [3.63, 3.8) is 0 Å². The summed E-state index contributed by atoms with van der Waals surface area (Å²) in [4.78, 5) is 12.8. The monoisotopic (exact) mass is 370 g/mol. The number of methoxy groups -OCH3 is 1. The standard InChI is InChI=1S/C18H19ClN6O/c1-10-13(7-22-11(2)15(10)26-3)9-25-8-12(5-4-6-20)14-16(19)23-18(21)24-17(14)25/h7-8H,6,9,20H2,1-3H3,(H2,21,23,24). The Hall–Kier alpha value is -2.82. The van der Waals surface area contributed by atoms with Crippen molar-refractivity contribution in [3.8, 4) is 17.6 Å². The number of rotatable bonds is 3. The molecule has 0 amide bonds. The molecule has 0 aromatic carbocycles. The summed E-state index contributed by atoms with van der Waals surface area (Å²) in [5.74, 6) is 6.74. The largest absolute Gasteiger partial charge is 0.495 e. The zero-order valence-electron chi connectivity index (χ0n) is 14.8. The smallest absolute Gasteiger partial charge is 0.223 e. The van der Waals surface area contributed by atoms with Gasteiger partial charge in [0.1, 0.15) is 16.5 Å². The minimum atomic E-state index is 0.108. The number of hydrogen-bond donors (Lipinski definition) is 2. The molecule has 3 heterocycles. The highest BCUT2D eigenvalue weighted by Gasteiger charge is 2.16. The van der Waals surface area contributed by atoms with Gasteiger partial charge in [-0.1, -0.05) is 23.4 Å².